The summed E-state index contributed by atoms with van der Waals surface area (Å²) in [6, 6.07) is 6.73. The van der Waals surface area contributed by atoms with Gasteiger partial charge in [0, 0.05) is 27.7 Å². The lowest BCUT2D eigenvalue weighted by molar-refractivity contribution is 0.495. The van der Waals surface area contributed by atoms with Gasteiger partial charge in [0.15, 0.2) is 0 Å². The van der Waals surface area contributed by atoms with Gasteiger partial charge in [-0.15, -0.1) is 0 Å². The van der Waals surface area contributed by atoms with Crippen molar-refractivity contribution in [3.05, 3.63) is 34.5 Å². The molecular weight excluding hydrogens is 220 g/mol. The lowest BCUT2D eigenvalue weighted by Gasteiger charge is -2.21. The monoisotopic (exact) mass is 234 g/mol. The second-order valence-corrected chi connectivity index (χ2v) is 4.94. The van der Waals surface area contributed by atoms with E-state index in [-0.39, 0.29) is 0 Å². The lowest BCUT2D eigenvalue weighted by atomic mass is 9.92. The number of hydrogen-bond donors (Lipinski definition) is 2. The number of likely N-dealkylation sites (N-methyl/N-ethyl adjacent to an activating group) is 1. The topological polar surface area (TPSA) is 27.8 Å². The number of fused-ring (bicyclic) bond motifs is 3. The van der Waals surface area contributed by atoms with Crippen LogP contribution in [0, 0.1) is 0 Å². The highest BCUT2D eigenvalue weighted by Crippen LogP contribution is 2.30. The van der Waals surface area contributed by atoms with E-state index in [0.29, 0.717) is 6.04 Å². The van der Waals surface area contributed by atoms with Crippen LogP contribution in [0.25, 0.3) is 10.9 Å². The van der Waals surface area contributed by atoms with Crippen molar-refractivity contribution >= 4 is 22.5 Å². The quantitative estimate of drug-likeness (QED) is 0.780. The van der Waals surface area contributed by atoms with E-state index >= 15 is 0 Å². The third kappa shape index (κ3) is 1.53. The number of nitrogens with one attached hydrogen (secondary N) is 2. The van der Waals surface area contributed by atoms with E-state index in [1.54, 1.807) is 0 Å². The molecule has 1 aromatic carbocycles. The number of benzene rings is 1. The fourth-order valence-electron chi connectivity index (χ4n) is 2.64. The largest absolute Gasteiger partial charge is 0.358 e. The van der Waals surface area contributed by atoms with Crippen molar-refractivity contribution in [2.45, 2.75) is 25.3 Å². The molecule has 2 aromatic rings. The van der Waals surface area contributed by atoms with Gasteiger partial charge in [0.2, 0.25) is 0 Å². The number of aromatic amines is 1. The smallest absolute Gasteiger partial charge is 0.0473 e. The van der Waals surface area contributed by atoms with Gasteiger partial charge in [-0.3, -0.25) is 0 Å². The van der Waals surface area contributed by atoms with E-state index in [4.69, 9.17) is 11.6 Å². The SMILES string of the molecule is CNC1CCc2[nH]c3cc(Cl)ccc3c2C1. The van der Waals surface area contributed by atoms with Crippen molar-refractivity contribution in [2.24, 2.45) is 0 Å². The Morgan fingerprint density at radius 3 is 3.12 bits per heavy atom. The molecule has 0 fully saturated rings. The summed E-state index contributed by atoms with van der Waals surface area (Å²) in [7, 11) is 2.04. The molecule has 1 unspecified atom stereocenters. The number of halogens is 1. The van der Waals surface area contributed by atoms with Crippen LogP contribution in [0.1, 0.15) is 17.7 Å². The third-order valence-electron chi connectivity index (χ3n) is 3.56. The molecule has 2 nitrogen and oxygen atoms in total. The maximum atomic E-state index is 6.01. The van der Waals surface area contributed by atoms with Gasteiger partial charge in [-0.25, -0.2) is 0 Å². The highest BCUT2D eigenvalue weighted by molar-refractivity contribution is 6.31. The standard InChI is InChI=1S/C13H15ClN2/c1-15-9-3-5-12-11(7-9)10-4-2-8(14)6-13(10)16-12/h2,4,6,9,15-16H,3,5,7H2,1H3. The van der Waals surface area contributed by atoms with Crippen LogP contribution in [0.4, 0.5) is 0 Å². The number of aryl methyl sites for hydroxylation is 1. The van der Waals surface area contributed by atoms with Crippen LogP contribution in [0.3, 0.4) is 0 Å². The Bertz CT molecular complexity index is 530. The summed E-state index contributed by atoms with van der Waals surface area (Å²) in [5.74, 6) is 0. The molecule has 0 amide bonds. The molecule has 3 heteroatoms. The van der Waals surface area contributed by atoms with Crippen LogP contribution in [-0.4, -0.2) is 18.1 Å². The van der Waals surface area contributed by atoms with Gasteiger partial charge < -0.3 is 10.3 Å². The molecular formula is C13H15ClN2. The Morgan fingerprint density at radius 1 is 1.44 bits per heavy atom. The highest BCUT2D eigenvalue weighted by atomic mass is 35.5. The number of rotatable bonds is 1. The number of aromatic nitrogens is 1. The molecule has 0 saturated heterocycles. The number of H-pyrrole nitrogens is 1. The van der Waals surface area contributed by atoms with Crippen LogP contribution in [0.5, 0.6) is 0 Å². The Balaban J connectivity index is 2.14. The Labute approximate surface area is 100.0 Å². The summed E-state index contributed by atoms with van der Waals surface area (Å²) in [4.78, 5) is 3.49. The predicted molar refractivity (Wildman–Crippen MR) is 68.2 cm³/mol. The summed E-state index contributed by atoms with van der Waals surface area (Å²) >= 11 is 6.01. The van der Waals surface area contributed by atoms with Gasteiger partial charge in [0.25, 0.3) is 0 Å². The molecule has 1 atom stereocenters. The van der Waals surface area contributed by atoms with Gasteiger partial charge in [-0.1, -0.05) is 17.7 Å². The molecule has 2 N–H and O–H groups in total. The summed E-state index contributed by atoms with van der Waals surface area (Å²) in [5, 5.41) is 5.51. The molecule has 16 heavy (non-hydrogen) atoms. The molecule has 3 rings (SSSR count). The van der Waals surface area contributed by atoms with Crippen molar-refractivity contribution < 1.29 is 0 Å². The predicted octanol–water partition coefficient (Wildman–Crippen LogP) is 2.90. The molecule has 0 bridgehead atoms. The van der Waals surface area contributed by atoms with E-state index in [1.807, 2.05) is 19.2 Å². The fourth-order valence-corrected chi connectivity index (χ4v) is 2.82. The van der Waals surface area contributed by atoms with E-state index in [9.17, 15) is 0 Å². The van der Waals surface area contributed by atoms with Crippen molar-refractivity contribution in [3.63, 3.8) is 0 Å². The maximum Gasteiger partial charge on any atom is 0.0473 e. The zero-order valence-electron chi connectivity index (χ0n) is 9.31. The number of hydrogen-bond acceptors (Lipinski definition) is 1. The fraction of sp³-hybridized carbons (Fsp3) is 0.385. The molecule has 0 aliphatic heterocycles. The normalized spacial score (nSPS) is 20.0. The first-order chi connectivity index (χ1) is 7.78. The zero-order valence-corrected chi connectivity index (χ0v) is 10.1. The first-order valence-electron chi connectivity index (χ1n) is 5.74. The first-order valence-corrected chi connectivity index (χ1v) is 6.12. The summed E-state index contributed by atoms with van der Waals surface area (Å²) in [5.41, 5.74) is 4.04. The minimum absolute atomic E-state index is 0.613. The first kappa shape index (κ1) is 10.2. The third-order valence-corrected chi connectivity index (χ3v) is 3.79. The maximum absolute atomic E-state index is 6.01. The van der Waals surface area contributed by atoms with Crippen LogP contribution >= 0.6 is 11.6 Å². The van der Waals surface area contributed by atoms with E-state index < -0.39 is 0 Å². The molecule has 0 saturated carbocycles. The summed E-state index contributed by atoms with van der Waals surface area (Å²) < 4.78 is 0. The van der Waals surface area contributed by atoms with Gasteiger partial charge in [0.1, 0.15) is 0 Å². The zero-order chi connectivity index (χ0) is 11.1. The van der Waals surface area contributed by atoms with Crippen LogP contribution in [0.2, 0.25) is 5.02 Å². The average Bonchev–Trinajstić information content (AvgIpc) is 2.65. The molecule has 1 aromatic heterocycles. The average molecular weight is 235 g/mol. The van der Waals surface area contributed by atoms with Crippen LogP contribution in [-0.2, 0) is 12.8 Å². The van der Waals surface area contributed by atoms with E-state index in [0.717, 1.165) is 17.9 Å². The van der Waals surface area contributed by atoms with Crippen molar-refractivity contribution in [3.8, 4) is 0 Å². The van der Waals surface area contributed by atoms with Gasteiger partial charge in [0.05, 0.1) is 0 Å². The van der Waals surface area contributed by atoms with Gasteiger partial charge in [-0.2, -0.15) is 0 Å². The van der Waals surface area contributed by atoms with Crippen molar-refractivity contribution in [1.82, 2.24) is 10.3 Å². The minimum Gasteiger partial charge on any atom is -0.358 e. The van der Waals surface area contributed by atoms with E-state index in [2.05, 4.69) is 16.4 Å². The molecule has 1 heterocycles. The lowest BCUT2D eigenvalue weighted by Crippen LogP contribution is -2.31. The Hall–Kier alpha value is -0.990. The highest BCUT2D eigenvalue weighted by Gasteiger charge is 2.21. The second-order valence-electron chi connectivity index (χ2n) is 4.50. The second kappa shape index (κ2) is 3.79. The van der Waals surface area contributed by atoms with Crippen molar-refractivity contribution in [1.29, 1.82) is 0 Å². The molecule has 0 spiro atoms. The van der Waals surface area contributed by atoms with Crippen molar-refractivity contribution in [2.75, 3.05) is 7.05 Å². The van der Waals surface area contributed by atoms with Crippen LogP contribution < -0.4 is 5.32 Å². The van der Waals surface area contributed by atoms with E-state index in [1.165, 1.54) is 28.6 Å². The van der Waals surface area contributed by atoms with Crippen LogP contribution in [0.15, 0.2) is 18.2 Å². The summed E-state index contributed by atoms with van der Waals surface area (Å²) in [6.45, 7) is 0. The molecule has 1 aliphatic rings. The van der Waals surface area contributed by atoms with Gasteiger partial charge >= 0.3 is 0 Å². The minimum atomic E-state index is 0.613. The Kier molecular flexibility index (Phi) is 2.41. The molecule has 1 aliphatic carbocycles. The van der Waals surface area contributed by atoms with Gasteiger partial charge in [-0.05, 0) is 44.0 Å². The molecule has 0 radical (unpaired) electrons. The Morgan fingerprint density at radius 2 is 2.31 bits per heavy atom. The molecule has 84 valence electrons. The summed E-state index contributed by atoms with van der Waals surface area (Å²) in [6.07, 6.45) is 3.46.